The highest BCUT2D eigenvalue weighted by molar-refractivity contribution is 14.0. The molecule has 158 valence electrons. The molecule has 7 heteroatoms. The number of benzene rings is 2. The predicted molar refractivity (Wildman–Crippen MR) is 134 cm³/mol. The lowest BCUT2D eigenvalue weighted by Gasteiger charge is -2.33. The first-order valence-corrected chi connectivity index (χ1v) is 10.5. The van der Waals surface area contributed by atoms with Crippen molar-refractivity contribution in [1.29, 1.82) is 0 Å². The van der Waals surface area contributed by atoms with Crippen molar-refractivity contribution in [3.05, 3.63) is 64.1 Å². The number of halogens is 2. The Hall–Kier alpha value is -1.32. The monoisotopic (exact) mass is 572 g/mol. The van der Waals surface area contributed by atoms with E-state index in [4.69, 9.17) is 4.74 Å². The van der Waals surface area contributed by atoms with Crippen molar-refractivity contribution in [2.45, 2.75) is 32.0 Å². The number of nitrogens with zero attached hydrogens (tertiary/aromatic N) is 2. The summed E-state index contributed by atoms with van der Waals surface area (Å²) in [4.78, 5) is 6.91. The number of likely N-dealkylation sites (tertiary alicyclic amines) is 1. The van der Waals surface area contributed by atoms with Gasteiger partial charge in [-0.3, -0.25) is 9.89 Å². The van der Waals surface area contributed by atoms with Crippen LogP contribution in [-0.4, -0.2) is 44.1 Å². The van der Waals surface area contributed by atoms with E-state index in [-0.39, 0.29) is 24.0 Å². The molecule has 1 aliphatic heterocycles. The molecule has 0 aliphatic carbocycles. The lowest BCUT2D eigenvalue weighted by molar-refractivity contribution is 0.198. The second-order valence-electron chi connectivity index (χ2n) is 7.06. The molecular formula is C22H30BrIN4O. The van der Waals surface area contributed by atoms with Gasteiger partial charge in [-0.15, -0.1) is 24.0 Å². The summed E-state index contributed by atoms with van der Waals surface area (Å²) in [6.45, 7) is 3.89. The maximum absolute atomic E-state index is 5.45. The number of hydrogen-bond donors (Lipinski definition) is 2. The first-order chi connectivity index (χ1) is 13.7. The fourth-order valence-corrected chi connectivity index (χ4v) is 3.94. The van der Waals surface area contributed by atoms with E-state index in [9.17, 15) is 0 Å². The second kappa shape index (κ2) is 12.4. The lowest BCUT2D eigenvalue weighted by Crippen LogP contribution is -2.48. The summed E-state index contributed by atoms with van der Waals surface area (Å²) >= 11 is 3.52. The van der Waals surface area contributed by atoms with Crippen molar-refractivity contribution in [1.82, 2.24) is 15.5 Å². The molecule has 5 nitrogen and oxygen atoms in total. The van der Waals surface area contributed by atoms with Gasteiger partial charge < -0.3 is 15.4 Å². The van der Waals surface area contributed by atoms with Gasteiger partial charge in [0.1, 0.15) is 5.75 Å². The summed E-state index contributed by atoms with van der Waals surface area (Å²) < 4.78 is 6.49. The Morgan fingerprint density at radius 2 is 1.90 bits per heavy atom. The Labute approximate surface area is 199 Å². The molecule has 0 unspecified atom stereocenters. The molecule has 3 rings (SSSR count). The van der Waals surface area contributed by atoms with E-state index in [1.54, 1.807) is 7.11 Å². The van der Waals surface area contributed by atoms with Gasteiger partial charge in [-0.2, -0.15) is 0 Å². The summed E-state index contributed by atoms with van der Waals surface area (Å²) in [7, 11) is 3.51. The number of aliphatic imine (C=N–C) groups is 1. The quantitative estimate of drug-likeness (QED) is 0.306. The van der Waals surface area contributed by atoms with Crippen LogP contribution in [0.5, 0.6) is 5.75 Å². The van der Waals surface area contributed by atoms with Crippen LogP contribution < -0.4 is 15.4 Å². The van der Waals surface area contributed by atoms with Gasteiger partial charge in [0.2, 0.25) is 0 Å². The standard InChI is InChI=1S/C22H29BrN4O.HI/c1-24-22(25-15-18-14-19(23)8-9-21(18)28-2)26-20-10-12-27(13-11-20)16-17-6-4-3-5-7-17;/h3-9,14,20H,10-13,15-16H2,1-2H3,(H2,24,25,26);1H. The Morgan fingerprint density at radius 1 is 1.17 bits per heavy atom. The number of ether oxygens (including phenoxy) is 1. The van der Waals surface area contributed by atoms with Crippen LogP contribution in [0.3, 0.4) is 0 Å². The van der Waals surface area contributed by atoms with Gasteiger partial charge >= 0.3 is 0 Å². The largest absolute Gasteiger partial charge is 0.496 e. The van der Waals surface area contributed by atoms with Crippen molar-refractivity contribution in [2.75, 3.05) is 27.2 Å². The number of rotatable bonds is 6. The normalized spacial score (nSPS) is 15.5. The molecule has 2 aromatic rings. The zero-order chi connectivity index (χ0) is 19.8. The molecule has 0 amide bonds. The molecule has 1 fully saturated rings. The summed E-state index contributed by atoms with van der Waals surface area (Å²) in [6, 6.07) is 17.2. The zero-order valence-electron chi connectivity index (χ0n) is 17.0. The lowest BCUT2D eigenvalue weighted by atomic mass is 10.0. The van der Waals surface area contributed by atoms with Gasteiger partial charge in [0.05, 0.1) is 7.11 Å². The average Bonchev–Trinajstić information content (AvgIpc) is 2.73. The molecule has 0 aromatic heterocycles. The average molecular weight is 573 g/mol. The highest BCUT2D eigenvalue weighted by Gasteiger charge is 2.20. The summed E-state index contributed by atoms with van der Waals surface area (Å²) in [5, 5.41) is 6.98. The van der Waals surface area contributed by atoms with E-state index in [2.05, 4.69) is 72.9 Å². The molecular weight excluding hydrogens is 543 g/mol. The highest BCUT2D eigenvalue weighted by atomic mass is 127. The molecule has 1 saturated heterocycles. The number of nitrogens with one attached hydrogen (secondary N) is 2. The highest BCUT2D eigenvalue weighted by Crippen LogP contribution is 2.22. The van der Waals surface area contributed by atoms with Gasteiger partial charge in [-0.05, 0) is 36.6 Å². The van der Waals surface area contributed by atoms with Gasteiger partial charge in [-0.1, -0.05) is 46.3 Å². The second-order valence-corrected chi connectivity index (χ2v) is 7.98. The van der Waals surface area contributed by atoms with E-state index in [1.165, 1.54) is 5.56 Å². The van der Waals surface area contributed by atoms with Crippen LogP contribution in [0.1, 0.15) is 24.0 Å². The molecule has 1 aliphatic rings. The van der Waals surface area contributed by atoms with E-state index in [0.29, 0.717) is 12.6 Å². The van der Waals surface area contributed by atoms with E-state index < -0.39 is 0 Å². The molecule has 2 aromatic carbocycles. The van der Waals surface area contributed by atoms with Crippen LogP contribution in [0.25, 0.3) is 0 Å². The summed E-state index contributed by atoms with van der Waals surface area (Å²) in [6.07, 6.45) is 2.24. The van der Waals surface area contributed by atoms with Crippen molar-refractivity contribution < 1.29 is 4.74 Å². The Morgan fingerprint density at radius 3 is 2.55 bits per heavy atom. The van der Waals surface area contributed by atoms with Gasteiger partial charge in [0.15, 0.2) is 5.96 Å². The van der Waals surface area contributed by atoms with E-state index in [0.717, 1.165) is 54.2 Å². The van der Waals surface area contributed by atoms with Crippen LogP contribution in [0.15, 0.2) is 58.0 Å². The van der Waals surface area contributed by atoms with Gasteiger partial charge in [-0.25, -0.2) is 0 Å². The molecule has 0 radical (unpaired) electrons. The van der Waals surface area contributed by atoms with Crippen molar-refractivity contribution in [3.63, 3.8) is 0 Å². The smallest absolute Gasteiger partial charge is 0.191 e. The van der Waals surface area contributed by atoms with E-state index >= 15 is 0 Å². The van der Waals surface area contributed by atoms with E-state index in [1.807, 2.05) is 19.2 Å². The maximum Gasteiger partial charge on any atom is 0.191 e. The van der Waals surface area contributed by atoms with Gasteiger partial charge in [0, 0.05) is 49.3 Å². The van der Waals surface area contributed by atoms with Crippen molar-refractivity contribution in [3.8, 4) is 5.75 Å². The van der Waals surface area contributed by atoms with Crippen molar-refractivity contribution in [2.24, 2.45) is 4.99 Å². The molecule has 29 heavy (non-hydrogen) atoms. The summed E-state index contributed by atoms with van der Waals surface area (Å²) in [5.74, 6) is 1.71. The van der Waals surface area contributed by atoms with Crippen LogP contribution >= 0.6 is 39.9 Å². The molecule has 0 atom stereocenters. The topological polar surface area (TPSA) is 48.9 Å². The minimum absolute atomic E-state index is 0. The SMILES string of the molecule is CN=C(NCc1cc(Br)ccc1OC)NC1CCN(Cc2ccccc2)CC1.I. The maximum atomic E-state index is 5.45. The Kier molecular flexibility index (Phi) is 10.2. The number of guanidine groups is 1. The van der Waals surface area contributed by atoms with Crippen LogP contribution in [0, 0.1) is 0 Å². The fraction of sp³-hybridized carbons (Fsp3) is 0.409. The Bertz CT molecular complexity index is 780. The summed E-state index contributed by atoms with van der Waals surface area (Å²) in [5.41, 5.74) is 2.48. The Balaban J connectivity index is 0.00000300. The number of hydrogen-bond acceptors (Lipinski definition) is 3. The first-order valence-electron chi connectivity index (χ1n) is 9.74. The first kappa shape index (κ1) is 24.0. The number of methoxy groups -OCH3 is 1. The van der Waals surface area contributed by atoms with Crippen LogP contribution in [-0.2, 0) is 13.1 Å². The minimum atomic E-state index is 0. The molecule has 2 N–H and O–H groups in total. The minimum Gasteiger partial charge on any atom is -0.496 e. The molecule has 0 bridgehead atoms. The van der Waals surface area contributed by atoms with Crippen LogP contribution in [0.2, 0.25) is 0 Å². The third kappa shape index (κ3) is 7.46. The van der Waals surface area contributed by atoms with Gasteiger partial charge in [0.25, 0.3) is 0 Å². The third-order valence-electron chi connectivity index (χ3n) is 5.09. The molecule has 0 saturated carbocycles. The van der Waals surface area contributed by atoms with Crippen LogP contribution in [0.4, 0.5) is 0 Å². The van der Waals surface area contributed by atoms with Crippen molar-refractivity contribution >= 4 is 45.9 Å². The predicted octanol–water partition coefficient (Wildman–Crippen LogP) is 4.41. The zero-order valence-corrected chi connectivity index (χ0v) is 20.9. The third-order valence-corrected chi connectivity index (χ3v) is 5.58. The molecule has 0 spiro atoms. The number of piperidine rings is 1. The molecule has 1 heterocycles. The fourth-order valence-electron chi connectivity index (χ4n) is 3.53.